The number of hydrogen-bond donors (Lipinski definition) is 1. The van der Waals surface area contributed by atoms with E-state index in [0.717, 1.165) is 24.8 Å². The molecule has 1 aliphatic rings. The van der Waals surface area contributed by atoms with Crippen LogP contribution in [0, 0.1) is 5.92 Å². The van der Waals surface area contributed by atoms with Crippen LogP contribution in [-0.4, -0.2) is 30.4 Å². The van der Waals surface area contributed by atoms with E-state index in [-0.39, 0.29) is 0 Å². The Labute approximate surface area is 123 Å². The summed E-state index contributed by atoms with van der Waals surface area (Å²) in [4.78, 5) is 5.75. The molecule has 4 heteroatoms. The van der Waals surface area contributed by atoms with Crippen molar-refractivity contribution < 1.29 is 4.84 Å². The molecule has 0 saturated heterocycles. The highest BCUT2D eigenvalue weighted by Gasteiger charge is 2.13. The summed E-state index contributed by atoms with van der Waals surface area (Å²) in [6, 6.07) is 0. The van der Waals surface area contributed by atoms with Gasteiger partial charge in [-0.3, -0.25) is 4.84 Å². The van der Waals surface area contributed by atoms with Gasteiger partial charge in [-0.1, -0.05) is 56.9 Å². The normalized spacial score (nSPS) is 17.2. The van der Waals surface area contributed by atoms with E-state index in [1.165, 1.54) is 64.2 Å². The van der Waals surface area contributed by atoms with Gasteiger partial charge in [-0.2, -0.15) is 0 Å². The fourth-order valence-corrected chi connectivity index (χ4v) is 3.39. The fourth-order valence-electron chi connectivity index (χ4n) is 2.65. The molecule has 0 unspecified atom stereocenters. The van der Waals surface area contributed by atoms with Gasteiger partial charge in [0, 0.05) is 12.8 Å². The van der Waals surface area contributed by atoms with Crippen molar-refractivity contribution in [3.63, 3.8) is 0 Å². The Morgan fingerprint density at radius 1 is 1.11 bits per heavy atom. The van der Waals surface area contributed by atoms with Crippen LogP contribution in [0.15, 0.2) is 0 Å². The zero-order chi connectivity index (χ0) is 13.8. The van der Waals surface area contributed by atoms with Gasteiger partial charge in [-0.05, 0) is 31.7 Å². The lowest BCUT2D eigenvalue weighted by Gasteiger charge is -2.22. The van der Waals surface area contributed by atoms with Gasteiger partial charge in [-0.15, -0.1) is 4.47 Å². The highest BCUT2D eigenvalue weighted by molar-refractivity contribution is 7.96. The third-order valence-electron chi connectivity index (χ3n) is 3.90. The molecule has 1 aliphatic carbocycles. The Morgan fingerprint density at radius 3 is 2.58 bits per heavy atom. The Balaban J connectivity index is 1.85. The number of unbranched alkanes of at least 4 members (excludes halogenated alkanes) is 3. The minimum absolute atomic E-state index is 0.831. The number of rotatable bonds is 11. The first-order valence-electron chi connectivity index (χ1n) is 8.02. The van der Waals surface area contributed by atoms with E-state index in [1.807, 2.05) is 11.5 Å². The first kappa shape index (κ1) is 17.3. The van der Waals surface area contributed by atoms with Crippen molar-refractivity contribution in [1.82, 2.24) is 4.47 Å². The third kappa shape index (κ3) is 9.72. The quantitative estimate of drug-likeness (QED) is 0.354. The average molecular weight is 289 g/mol. The monoisotopic (exact) mass is 288 g/mol. The van der Waals surface area contributed by atoms with E-state index in [0.29, 0.717) is 0 Å². The summed E-state index contributed by atoms with van der Waals surface area (Å²) in [6.07, 6.45) is 13.4. The second kappa shape index (κ2) is 12.0. The molecule has 0 aromatic carbocycles. The van der Waals surface area contributed by atoms with E-state index >= 15 is 0 Å². The molecule has 2 N–H and O–H groups in total. The number of nitrogens with zero attached hydrogens (tertiary/aromatic N) is 1. The molecule has 1 rings (SSSR count). The summed E-state index contributed by atoms with van der Waals surface area (Å²) >= 11 is 1.80. The third-order valence-corrected chi connectivity index (χ3v) is 4.84. The van der Waals surface area contributed by atoms with Crippen molar-refractivity contribution >= 4 is 11.9 Å². The first-order valence-corrected chi connectivity index (χ1v) is 8.97. The lowest BCUT2D eigenvalue weighted by Crippen LogP contribution is -2.15. The second-order valence-corrected chi connectivity index (χ2v) is 6.78. The van der Waals surface area contributed by atoms with Crippen LogP contribution in [0.4, 0.5) is 0 Å². The summed E-state index contributed by atoms with van der Waals surface area (Å²) in [7, 11) is 2.03. The van der Waals surface area contributed by atoms with Gasteiger partial charge in [0.05, 0.1) is 6.61 Å². The van der Waals surface area contributed by atoms with Crippen LogP contribution in [0.1, 0.15) is 64.2 Å². The lowest BCUT2D eigenvalue weighted by molar-refractivity contribution is -0.0616. The molecule has 0 amide bonds. The van der Waals surface area contributed by atoms with Crippen molar-refractivity contribution in [2.75, 3.05) is 26.0 Å². The summed E-state index contributed by atoms with van der Waals surface area (Å²) in [5, 5.41) is 0. The van der Waals surface area contributed by atoms with Crippen molar-refractivity contribution in [2.45, 2.75) is 64.2 Å². The van der Waals surface area contributed by atoms with Crippen molar-refractivity contribution in [3.8, 4) is 0 Å². The average Bonchev–Trinajstić information content (AvgIpc) is 2.44. The van der Waals surface area contributed by atoms with Crippen LogP contribution in [0.3, 0.4) is 0 Å². The maximum absolute atomic E-state index is 5.75. The van der Waals surface area contributed by atoms with E-state index in [1.54, 1.807) is 11.9 Å². The zero-order valence-corrected chi connectivity index (χ0v) is 13.4. The SMILES string of the molecule is CN(OCCC1CCCCC1)SCCCCCCN. The molecule has 0 bridgehead atoms. The van der Waals surface area contributed by atoms with Gasteiger partial charge in [-0.25, -0.2) is 0 Å². The van der Waals surface area contributed by atoms with Gasteiger partial charge >= 0.3 is 0 Å². The Bertz CT molecular complexity index is 199. The van der Waals surface area contributed by atoms with Crippen molar-refractivity contribution in [1.29, 1.82) is 0 Å². The zero-order valence-electron chi connectivity index (χ0n) is 12.6. The Morgan fingerprint density at radius 2 is 1.84 bits per heavy atom. The van der Waals surface area contributed by atoms with Crippen LogP contribution in [0.2, 0.25) is 0 Å². The molecule has 0 radical (unpaired) electrons. The summed E-state index contributed by atoms with van der Waals surface area (Å²) in [5.41, 5.74) is 5.47. The standard InChI is InChI=1S/C15H32N2OS/c1-17(19-14-8-3-2-7-12-16)18-13-11-15-9-5-4-6-10-15/h15H,2-14,16H2,1H3. The van der Waals surface area contributed by atoms with E-state index in [9.17, 15) is 0 Å². The lowest BCUT2D eigenvalue weighted by atomic mass is 9.87. The molecule has 0 atom stereocenters. The van der Waals surface area contributed by atoms with Gasteiger partial charge < -0.3 is 5.73 Å². The topological polar surface area (TPSA) is 38.5 Å². The minimum atomic E-state index is 0.831. The Kier molecular flexibility index (Phi) is 10.9. The first-order chi connectivity index (χ1) is 9.33. The number of hydroxylamine groups is 1. The largest absolute Gasteiger partial charge is 0.330 e. The molecule has 114 valence electrons. The molecule has 0 aromatic heterocycles. The van der Waals surface area contributed by atoms with Gasteiger partial charge in [0.1, 0.15) is 0 Å². The predicted octanol–water partition coefficient (Wildman–Crippen LogP) is 3.99. The molecule has 0 aliphatic heterocycles. The van der Waals surface area contributed by atoms with Crippen molar-refractivity contribution in [2.24, 2.45) is 11.7 Å². The van der Waals surface area contributed by atoms with Crippen molar-refractivity contribution in [3.05, 3.63) is 0 Å². The number of hydrogen-bond acceptors (Lipinski definition) is 4. The highest BCUT2D eigenvalue weighted by atomic mass is 32.2. The smallest absolute Gasteiger partial charge is 0.0698 e. The van der Waals surface area contributed by atoms with E-state index < -0.39 is 0 Å². The second-order valence-electron chi connectivity index (χ2n) is 5.60. The highest BCUT2D eigenvalue weighted by Crippen LogP contribution is 2.26. The molecule has 19 heavy (non-hydrogen) atoms. The Hall–Kier alpha value is 0.230. The predicted molar refractivity (Wildman–Crippen MR) is 84.9 cm³/mol. The summed E-state index contributed by atoms with van der Waals surface area (Å²) < 4.78 is 1.95. The van der Waals surface area contributed by atoms with Crippen LogP contribution >= 0.6 is 11.9 Å². The van der Waals surface area contributed by atoms with Crippen LogP contribution in [0.5, 0.6) is 0 Å². The van der Waals surface area contributed by atoms with E-state index in [4.69, 9.17) is 10.6 Å². The summed E-state index contributed by atoms with van der Waals surface area (Å²) in [5.74, 6) is 2.08. The van der Waals surface area contributed by atoms with Gasteiger partial charge in [0.15, 0.2) is 0 Å². The minimum Gasteiger partial charge on any atom is -0.330 e. The molecule has 3 nitrogen and oxygen atoms in total. The molecule has 1 saturated carbocycles. The van der Waals surface area contributed by atoms with E-state index in [2.05, 4.69) is 0 Å². The van der Waals surface area contributed by atoms with Crippen LogP contribution < -0.4 is 5.73 Å². The van der Waals surface area contributed by atoms with Crippen LogP contribution in [-0.2, 0) is 4.84 Å². The maximum atomic E-state index is 5.75. The molecular weight excluding hydrogens is 256 g/mol. The molecular formula is C15H32N2OS. The van der Waals surface area contributed by atoms with Gasteiger partial charge in [0.25, 0.3) is 0 Å². The molecule has 1 fully saturated rings. The maximum Gasteiger partial charge on any atom is 0.0698 e. The van der Waals surface area contributed by atoms with Gasteiger partial charge in [0.2, 0.25) is 0 Å². The summed E-state index contributed by atoms with van der Waals surface area (Å²) in [6.45, 7) is 1.72. The molecule has 0 aromatic rings. The fraction of sp³-hybridized carbons (Fsp3) is 1.00. The number of nitrogens with two attached hydrogens (primary N) is 1. The molecule has 0 heterocycles. The molecule has 0 spiro atoms. The van der Waals surface area contributed by atoms with Crippen LogP contribution in [0.25, 0.3) is 0 Å².